The molecule has 166 valence electrons. The summed E-state index contributed by atoms with van der Waals surface area (Å²) in [5.41, 5.74) is 2.07. The van der Waals surface area contributed by atoms with Crippen molar-refractivity contribution < 1.29 is 39.4 Å². The summed E-state index contributed by atoms with van der Waals surface area (Å²) in [6.45, 7) is 2.34. The molecule has 2 saturated heterocycles. The number of fused-ring (bicyclic) bond motifs is 3. The van der Waals surface area contributed by atoms with Crippen LogP contribution in [-0.4, -0.2) is 70.8 Å². The van der Waals surface area contributed by atoms with Crippen LogP contribution in [0.5, 0.6) is 11.5 Å². The first kappa shape index (κ1) is 20.7. The molecule has 8 heteroatoms. The fourth-order valence-corrected chi connectivity index (χ4v) is 4.57. The monoisotopic (exact) mass is 430 g/mol. The lowest BCUT2D eigenvalue weighted by Gasteiger charge is -2.46. The lowest BCUT2D eigenvalue weighted by molar-refractivity contribution is -0.329. The molecule has 0 aromatic heterocycles. The van der Waals surface area contributed by atoms with Gasteiger partial charge in [0.1, 0.15) is 37.1 Å². The van der Waals surface area contributed by atoms with Crippen molar-refractivity contribution in [2.24, 2.45) is 0 Å². The van der Waals surface area contributed by atoms with Gasteiger partial charge < -0.3 is 39.4 Å². The fourth-order valence-electron chi connectivity index (χ4n) is 4.57. The van der Waals surface area contributed by atoms with Crippen molar-refractivity contribution >= 4 is 0 Å². The van der Waals surface area contributed by atoms with E-state index in [0.717, 1.165) is 22.4 Å². The third-order valence-corrected chi connectivity index (χ3v) is 6.48. The third-order valence-electron chi connectivity index (χ3n) is 6.48. The van der Waals surface area contributed by atoms with E-state index in [1.54, 1.807) is 6.07 Å². The molecule has 0 amide bonds. The Labute approximate surface area is 179 Å². The van der Waals surface area contributed by atoms with Crippen molar-refractivity contribution in [3.05, 3.63) is 58.7 Å². The molecule has 5 rings (SSSR count). The summed E-state index contributed by atoms with van der Waals surface area (Å²) < 4.78 is 23.0. The molecule has 4 N–H and O–H groups in total. The van der Waals surface area contributed by atoms with Gasteiger partial charge in [-0.2, -0.15) is 0 Å². The Hall–Kier alpha value is -2.20. The van der Waals surface area contributed by atoms with Crippen LogP contribution in [0.4, 0.5) is 0 Å². The predicted molar refractivity (Wildman–Crippen MR) is 108 cm³/mol. The molecule has 0 saturated carbocycles. The van der Waals surface area contributed by atoms with Crippen molar-refractivity contribution in [1.29, 1.82) is 0 Å². The van der Waals surface area contributed by atoms with Crippen LogP contribution >= 0.6 is 0 Å². The minimum absolute atomic E-state index is 0.149. The van der Waals surface area contributed by atoms with Gasteiger partial charge in [-0.05, 0) is 48.2 Å². The second-order valence-corrected chi connectivity index (χ2v) is 8.46. The second kappa shape index (κ2) is 7.44. The molecule has 0 spiro atoms. The number of aryl methyl sites for hydroxylation is 1. The highest BCUT2D eigenvalue weighted by molar-refractivity contribution is 5.46. The molecule has 2 bridgehead atoms. The number of rotatable bonds is 4. The van der Waals surface area contributed by atoms with Crippen LogP contribution in [0.1, 0.15) is 22.3 Å². The van der Waals surface area contributed by atoms with E-state index >= 15 is 0 Å². The Morgan fingerprint density at radius 3 is 2.52 bits per heavy atom. The van der Waals surface area contributed by atoms with E-state index in [-0.39, 0.29) is 6.61 Å². The third kappa shape index (κ3) is 3.14. The second-order valence-electron chi connectivity index (χ2n) is 8.46. The summed E-state index contributed by atoms with van der Waals surface area (Å²) in [6.07, 6.45) is -3.91. The van der Waals surface area contributed by atoms with E-state index in [2.05, 4.69) is 0 Å². The molecule has 2 fully saturated rings. The van der Waals surface area contributed by atoms with Gasteiger partial charge in [-0.1, -0.05) is 18.2 Å². The lowest BCUT2D eigenvalue weighted by Crippen LogP contribution is -2.65. The van der Waals surface area contributed by atoms with Gasteiger partial charge in [-0.15, -0.1) is 0 Å². The average Bonchev–Trinajstić information content (AvgIpc) is 3.18. The standard InChI is InChI=1S/C23H26O8/c1-13-2-4-16(23-21(27)19(25)20(26)22(11-24,31-23)12-30-23)10-15(13)8-14-3-5-17-18(9-14)29-7-6-28-17/h2-5,9-10,19-21,24-27H,6-8,11-12H2,1H3/t19?,20?,21?,22-,23?/m0/s1. The number of aliphatic hydroxyl groups is 4. The Balaban J connectivity index is 1.49. The van der Waals surface area contributed by atoms with Gasteiger partial charge in [0.15, 0.2) is 11.5 Å². The summed E-state index contributed by atoms with van der Waals surface area (Å²) in [6, 6.07) is 11.4. The van der Waals surface area contributed by atoms with Crippen molar-refractivity contribution in [2.75, 3.05) is 26.4 Å². The Morgan fingerprint density at radius 1 is 0.968 bits per heavy atom. The van der Waals surface area contributed by atoms with Gasteiger partial charge in [-0.3, -0.25) is 0 Å². The smallest absolute Gasteiger partial charge is 0.225 e. The summed E-state index contributed by atoms with van der Waals surface area (Å²) in [4.78, 5) is 0. The van der Waals surface area contributed by atoms with E-state index in [9.17, 15) is 20.4 Å². The minimum atomic E-state index is -1.67. The first-order valence-corrected chi connectivity index (χ1v) is 10.4. The normalized spacial score (nSPS) is 34.0. The molecule has 0 radical (unpaired) electrons. The summed E-state index contributed by atoms with van der Waals surface area (Å²) in [5, 5.41) is 41.3. The minimum Gasteiger partial charge on any atom is -0.486 e. The molecule has 8 nitrogen and oxygen atoms in total. The quantitative estimate of drug-likeness (QED) is 0.550. The van der Waals surface area contributed by atoms with Crippen LogP contribution in [-0.2, 0) is 21.7 Å². The zero-order valence-electron chi connectivity index (χ0n) is 17.2. The highest BCUT2D eigenvalue weighted by Gasteiger charge is 2.67. The van der Waals surface area contributed by atoms with Crippen LogP contribution in [0.2, 0.25) is 0 Å². The Morgan fingerprint density at radius 2 is 1.74 bits per heavy atom. The van der Waals surface area contributed by atoms with Crippen LogP contribution in [0, 0.1) is 6.92 Å². The van der Waals surface area contributed by atoms with Gasteiger partial charge in [0.05, 0.1) is 13.2 Å². The maximum Gasteiger partial charge on any atom is 0.225 e. The van der Waals surface area contributed by atoms with E-state index in [4.69, 9.17) is 18.9 Å². The molecule has 3 aliphatic rings. The van der Waals surface area contributed by atoms with Gasteiger partial charge >= 0.3 is 0 Å². The molecule has 5 atom stereocenters. The molecule has 2 aromatic carbocycles. The van der Waals surface area contributed by atoms with Crippen LogP contribution < -0.4 is 9.47 Å². The number of hydrogen-bond acceptors (Lipinski definition) is 8. The zero-order valence-corrected chi connectivity index (χ0v) is 17.2. The van der Waals surface area contributed by atoms with Crippen LogP contribution in [0.25, 0.3) is 0 Å². The highest BCUT2D eigenvalue weighted by atomic mass is 16.8. The molecule has 2 aromatic rings. The van der Waals surface area contributed by atoms with E-state index in [1.165, 1.54) is 0 Å². The SMILES string of the molecule is Cc1ccc(C23OC[C@](CO)(O2)C(O)C(O)C3O)cc1Cc1ccc2c(c1)OCCO2. The van der Waals surface area contributed by atoms with Crippen molar-refractivity contribution in [1.82, 2.24) is 0 Å². The first-order chi connectivity index (χ1) is 14.9. The van der Waals surface area contributed by atoms with Gasteiger partial charge in [0.2, 0.25) is 5.79 Å². The molecular weight excluding hydrogens is 404 g/mol. The zero-order chi connectivity index (χ0) is 21.8. The summed E-state index contributed by atoms with van der Waals surface area (Å²) >= 11 is 0. The number of benzene rings is 2. The van der Waals surface area contributed by atoms with E-state index < -0.39 is 36.3 Å². The number of ether oxygens (including phenoxy) is 4. The molecule has 3 aliphatic heterocycles. The van der Waals surface area contributed by atoms with E-state index in [0.29, 0.717) is 30.9 Å². The predicted octanol–water partition coefficient (Wildman–Crippen LogP) is 0.384. The summed E-state index contributed by atoms with van der Waals surface area (Å²) in [7, 11) is 0. The van der Waals surface area contributed by atoms with Crippen molar-refractivity contribution in [3.8, 4) is 11.5 Å². The topological polar surface area (TPSA) is 118 Å². The number of aliphatic hydroxyl groups excluding tert-OH is 4. The molecular formula is C23H26O8. The maximum absolute atomic E-state index is 10.8. The van der Waals surface area contributed by atoms with Gasteiger partial charge in [-0.25, -0.2) is 0 Å². The van der Waals surface area contributed by atoms with Gasteiger partial charge in [0, 0.05) is 5.56 Å². The summed E-state index contributed by atoms with van der Waals surface area (Å²) in [5.74, 6) is -0.229. The Kier molecular flexibility index (Phi) is 4.97. The molecule has 0 aliphatic carbocycles. The molecule has 3 heterocycles. The first-order valence-electron chi connectivity index (χ1n) is 10.4. The van der Waals surface area contributed by atoms with E-state index in [1.807, 2.05) is 37.3 Å². The maximum atomic E-state index is 10.8. The Bertz CT molecular complexity index is 994. The van der Waals surface area contributed by atoms with Crippen LogP contribution in [0.15, 0.2) is 36.4 Å². The highest BCUT2D eigenvalue weighted by Crippen LogP contribution is 2.49. The largest absolute Gasteiger partial charge is 0.486 e. The molecule has 4 unspecified atom stereocenters. The fraction of sp³-hybridized carbons (Fsp3) is 0.478. The molecule has 31 heavy (non-hydrogen) atoms. The van der Waals surface area contributed by atoms with Crippen molar-refractivity contribution in [2.45, 2.75) is 43.0 Å². The van der Waals surface area contributed by atoms with Gasteiger partial charge in [0.25, 0.3) is 0 Å². The van der Waals surface area contributed by atoms with Crippen LogP contribution in [0.3, 0.4) is 0 Å². The average molecular weight is 430 g/mol. The lowest BCUT2D eigenvalue weighted by atomic mass is 9.83. The number of hydrogen-bond donors (Lipinski definition) is 4. The van der Waals surface area contributed by atoms with Crippen molar-refractivity contribution in [3.63, 3.8) is 0 Å².